The Hall–Kier alpha value is -1.31. The van der Waals surface area contributed by atoms with E-state index in [1.165, 1.54) is 24.0 Å². The average molecular weight is 257 g/mol. The molecule has 3 nitrogen and oxygen atoms in total. The topological polar surface area (TPSA) is 47.3 Å². The van der Waals surface area contributed by atoms with E-state index in [-0.39, 0.29) is 22.3 Å². The quantitative estimate of drug-likeness (QED) is 0.846. The molecular formula is C12H14ClFN2O. The number of nitriles is 1. The van der Waals surface area contributed by atoms with Gasteiger partial charge in [-0.2, -0.15) is 5.26 Å². The summed E-state index contributed by atoms with van der Waals surface area (Å²) in [5.74, 6) is -0.661. The van der Waals surface area contributed by atoms with Crippen LogP contribution in [0.3, 0.4) is 0 Å². The second kappa shape index (κ2) is 5.35. The fourth-order valence-corrected chi connectivity index (χ4v) is 1.97. The zero-order valence-electron chi connectivity index (χ0n) is 9.91. The molecule has 0 aliphatic rings. The lowest BCUT2D eigenvalue weighted by atomic mass is 10.1. The van der Waals surface area contributed by atoms with Crippen molar-refractivity contribution in [2.45, 2.75) is 33.0 Å². The molecule has 92 valence electrons. The van der Waals surface area contributed by atoms with E-state index in [9.17, 15) is 9.50 Å². The zero-order valence-corrected chi connectivity index (χ0v) is 10.7. The molecule has 0 amide bonds. The van der Waals surface area contributed by atoms with Gasteiger partial charge in [0.1, 0.15) is 12.3 Å². The number of benzene rings is 1. The lowest BCUT2D eigenvalue weighted by molar-refractivity contribution is 0.179. The molecule has 0 saturated carbocycles. The predicted molar refractivity (Wildman–Crippen MR) is 65.4 cm³/mol. The van der Waals surface area contributed by atoms with Crippen LogP contribution in [0.4, 0.5) is 10.1 Å². The van der Waals surface area contributed by atoms with Gasteiger partial charge >= 0.3 is 0 Å². The molecule has 0 aromatic heterocycles. The molecule has 0 aliphatic carbocycles. The molecule has 1 rings (SSSR count). The van der Waals surface area contributed by atoms with Crippen LogP contribution in [0.25, 0.3) is 0 Å². The van der Waals surface area contributed by atoms with Crippen molar-refractivity contribution in [1.29, 1.82) is 5.26 Å². The van der Waals surface area contributed by atoms with E-state index >= 15 is 0 Å². The fourth-order valence-electron chi connectivity index (χ4n) is 1.76. The van der Waals surface area contributed by atoms with Gasteiger partial charge in [-0.15, -0.1) is 0 Å². The van der Waals surface area contributed by atoms with Crippen LogP contribution in [0, 0.1) is 17.1 Å². The molecule has 1 unspecified atom stereocenters. The monoisotopic (exact) mass is 256 g/mol. The summed E-state index contributed by atoms with van der Waals surface area (Å²) in [4.78, 5) is 1.46. The van der Waals surface area contributed by atoms with E-state index in [4.69, 9.17) is 16.9 Å². The van der Waals surface area contributed by atoms with Crippen LogP contribution < -0.4 is 4.90 Å². The van der Waals surface area contributed by atoms with E-state index in [1.807, 2.05) is 13.8 Å². The molecule has 5 heteroatoms. The molecule has 1 aromatic rings. The number of aliphatic hydroxyl groups is 1. The standard InChI is InChI=1S/C12H14ClFN2O/c1-7(2)16(8(3)17)11-5-10(13)4-9(6-15)12(11)14/h4-5,7-8,17H,1-3H3. The smallest absolute Gasteiger partial charge is 0.164 e. The van der Waals surface area contributed by atoms with Gasteiger partial charge in [0.05, 0.1) is 11.3 Å². The molecule has 17 heavy (non-hydrogen) atoms. The van der Waals surface area contributed by atoms with Gasteiger partial charge in [-0.05, 0) is 32.9 Å². The predicted octanol–water partition coefficient (Wildman–Crippen LogP) is 2.90. The Morgan fingerprint density at radius 2 is 2.00 bits per heavy atom. The van der Waals surface area contributed by atoms with E-state index in [0.717, 1.165) is 0 Å². The van der Waals surface area contributed by atoms with Crippen molar-refractivity contribution in [1.82, 2.24) is 0 Å². The Balaban J connectivity index is 3.39. The summed E-state index contributed by atoms with van der Waals surface area (Å²) in [5, 5.41) is 18.7. The Morgan fingerprint density at radius 3 is 2.41 bits per heavy atom. The maximum atomic E-state index is 14.0. The first-order chi connectivity index (χ1) is 7.88. The van der Waals surface area contributed by atoms with Crippen LogP contribution in [0.15, 0.2) is 12.1 Å². The molecule has 0 fully saturated rings. The third-order valence-corrected chi connectivity index (χ3v) is 2.59. The lowest BCUT2D eigenvalue weighted by Gasteiger charge is -2.32. The van der Waals surface area contributed by atoms with Crippen LogP contribution in [-0.4, -0.2) is 17.4 Å². The number of hydrogen-bond donors (Lipinski definition) is 1. The molecular weight excluding hydrogens is 243 g/mol. The van der Waals surface area contributed by atoms with Gasteiger partial charge in [-0.3, -0.25) is 0 Å². The van der Waals surface area contributed by atoms with Crippen LogP contribution in [-0.2, 0) is 0 Å². The van der Waals surface area contributed by atoms with Gasteiger partial charge in [0.25, 0.3) is 0 Å². The van der Waals surface area contributed by atoms with Gasteiger partial charge in [0.2, 0.25) is 0 Å². The van der Waals surface area contributed by atoms with Gasteiger partial charge in [0.15, 0.2) is 5.82 Å². The Kier molecular flexibility index (Phi) is 4.33. The van der Waals surface area contributed by atoms with Crippen molar-refractivity contribution in [3.63, 3.8) is 0 Å². The normalized spacial score (nSPS) is 12.4. The summed E-state index contributed by atoms with van der Waals surface area (Å²) in [5.41, 5.74) is 0.0119. The summed E-state index contributed by atoms with van der Waals surface area (Å²) in [6.45, 7) is 5.17. The minimum atomic E-state index is -0.866. The molecule has 0 saturated heterocycles. The van der Waals surface area contributed by atoms with Gasteiger partial charge in [-0.25, -0.2) is 4.39 Å². The highest BCUT2D eigenvalue weighted by Gasteiger charge is 2.21. The summed E-state index contributed by atoms with van der Waals surface area (Å²) in [7, 11) is 0. The summed E-state index contributed by atoms with van der Waals surface area (Å²) in [6, 6.07) is 4.30. The summed E-state index contributed by atoms with van der Waals surface area (Å²) < 4.78 is 14.0. The minimum absolute atomic E-state index is 0.116. The molecule has 0 bridgehead atoms. The second-order valence-corrected chi connectivity index (χ2v) is 4.47. The lowest BCUT2D eigenvalue weighted by Crippen LogP contribution is -2.39. The Bertz CT molecular complexity index is 447. The second-order valence-electron chi connectivity index (χ2n) is 4.03. The van der Waals surface area contributed by atoms with Gasteiger partial charge < -0.3 is 10.0 Å². The van der Waals surface area contributed by atoms with Crippen LogP contribution in [0.1, 0.15) is 26.3 Å². The number of anilines is 1. The molecule has 0 radical (unpaired) electrons. The number of halogens is 2. The highest BCUT2D eigenvalue weighted by atomic mass is 35.5. The molecule has 1 N–H and O–H groups in total. The van der Waals surface area contributed by atoms with Crippen LogP contribution in [0.2, 0.25) is 5.02 Å². The third-order valence-electron chi connectivity index (χ3n) is 2.38. The fraction of sp³-hybridized carbons (Fsp3) is 0.417. The maximum absolute atomic E-state index is 14.0. The van der Waals surface area contributed by atoms with Crippen molar-refractivity contribution < 1.29 is 9.50 Å². The van der Waals surface area contributed by atoms with E-state index in [2.05, 4.69) is 0 Å². The highest BCUT2D eigenvalue weighted by molar-refractivity contribution is 6.31. The zero-order chi connectivity index (χ0) is 13.2. The average Bonchev–Trinajstić information content (AvgIpc) is 2.21. The van der Waals surface area contributed by atoms with E-state index < -0.39 is 12.0 Å². The largest absolute Gasteiger partial charge is 0.374 e. The first kappa shape index (κ1) is 13.8. The number of nitrogens with zero attached hydrogens (tertiary/aromatic N) is 2. The van der Waals surface area contributed by atoms with Crippen molar-refractivity contribution in [2.75, 3.05) is 4.90 Å². The third kappa shape index (κ3) is 2.87. The van der Waals surface area contributed by atoms with Crippen molar-refractivity contribution in [2.24, 2.45) is 0 Å². The van der Waals surface area contributed by atoms with E-state index in [0.29, 0.717) is 0 Å². The van der Waals surface area contributed by atoms with Crippen LogP contribution in [0.5, 0.6) is 0 Å². The SMILES string of the molecule is CC(C)N(c1cc(Cl)cc(C#N)c1F)C(C)O. The number of hydrogen-bond acceptors (Lipinski definition) is 3. The molecule has 0 spiro atoms. The minimum Gasteiger partial charge on any atom is -0.374 e. The Morgan fingerprint density at radius 1 is 1.41 bits per heavy atom. The molecule has 0 aliphatic heterocycles. The maximum Gasteiger partial charge on any atom is 0.164 e. The van der Waals surface area contributed by atoms with Crippen LogP contribution >= 0.6 is 11.6 Å². The number of aliphatic hydroxyl groups excluding tert-OH is 1. The van der Waals surface area contributed by atoms with E-state index in [1.54, 1.807) is 6.07 Å². The molecule has 0 heterocycles. The summed E-state index contributed by atoms with van der Waals surface area (Å²) in [6.07, 6.45) is -0.866. The molecule has 1 atom stereocenters. The number of rotatable bonds is 3. The van der Waals surface area contributed by atoms with Crippen molar-refractivity contribution in [3.05, 3.63) is 28.5 Å². The Labute approximate surface area is 105 Å². The molecule has 1 aromatic carbocycles. The summed E-state index contributed by atoms with van der Waals surface area (Å²) >= 11 is 5.83. The van der Waals surface area contributed by atoms with Gasteiger partial charge in [-0.1, -0.05) is 11.6 Å². The first-order valence-corrected chi connectivity index (χ1v) is 5.61. The van der Waals surface area contributed by atoms with Crippen molar-refractivity contribution in [3.8, 4) is 6.07 Å². The van der Waals surface area contributed by atoms with Crippen molar-refractivity contribution >= 4 is 17.3 Å². The highest BCUT2D eigenvalue weighted by Crippen LogP contribution is 2.29. The van der Waals surface area contributed by atoms with Gasteiger partial charge in [0, 0.05) is 11.1 Å². The first-order valence-electron chi connectivity index (χ1n) is 5.24.